The van der Waals surface area contributed by atoms with Crippen molar-refractivity contribution in [1.82, 2.24) is 14.7 Å². The lowest BCUT2D eigenvalue weighted by atomic mass is 10.3. The lowest BCUT2D eigenvalue weighted by molar-refractivity contribution is 0.0575. The Morgan fingerprint density at radius 1 is 1.36 bits per heavy atom. The first-order valence-corrected chi connectivity index (χ1v) is 7.14. The third-order valence-corrected chi connectivity index (χ3v) is 3.42. The number of hydrogen-bond donors (Lipinski definition) is 2. The second kappa shape index (κ2) is 6.59. The molecule has 7 heteroatoms. The minimum absolute atomic E-state index is 0.239. The van der Waals surface area contributed by atoms with Crippen LogP contribution < -0.4 is 5.32 Å². The van der Waals surface area contributed by atoms with Crippen LogP contribution in [0.15, 0.2) is 42.7 Å². The molecule has 0 radical (unpaired) electrons. The van der Waals surface area contributed by atoms with Crippen LogP contribution in [-0.4, -0.2) is 58.2 Å². The monoisotopic (exact) mass is 302 g/mol. The van der Waals surface area contributed by atoms with Gasteiger partial charge in [-0.25, -0.2) is 9.48 Å². The molecular weight excluding hydrogens is 284 g/mol. The lowest BCUT2D eigenvalue weighted by Crippen LogP contribution is -2.40. The van der Waals surface area contributed by atoms with Gasteiger partial charge < -0.3 is 20.1 Å². The van der Waals surface area contributed by atoms with E-state index < -0.39 is 6.10 Å². The SMILES string of the molecule is O=C(Nc1ccc(-n2cccn2)cc1)N1CCOC[C@@H](O)C1. The van der Waals surface area contributed by atoms with Crippen molar-refractivity contribution in [3.8, 4) is 5.69 Å². The fraction of sp³-hybridized carbons (Fsp3) is 0.333. The summed E-state index contributed by atoms with van der Waals surface area (Å²) in [6.45, 7) is 1.44. The van der Waals surface area contributed by atoms with E-state index in [4.69, 9.17) is 4.74 Å². The van der Waals surface area contributed by atoms with Crippen molar-refractivity contribution in [3.05, 3.63) is 42.7 Å². The average molecular weight is 302 g/mol. The molecule has 0 aliphatic carbocycles. The number of amides is 2. The number of nitrogens with zero attached hydrogens (tertiary/aromatic N) is 3. The summed E-state index contributed by atoms with van der Waals surface area (Å²) in [6, 6.07) is 9.00. The van der Waals surface area contributed by atoms with Crippen molar-refractivity contribution in [2.75, 3.05) is 31.6 Å². The Bertz CT molecular complexity index is 612. The van der Waals surface area contributed by atoms with Crippen molar-refractivity contribution < 1.29 is 14.6 Å². The van der Waals surface area contributed by atoms with E-state index in [9.17, 15) is 9.90 Å². The lowest BCUT2D eigenvalue weighted by Gasteiger charge is -2.21. The number of aliphatic hydroxyl groups is 1. The first-order chi connectivity index (χ1) is 10.7. The van der Waals surface area contributed by atoms with Gasteiger partial charge in [0.15, 0.2) is 0 Å². The third kappa shape index (κ3) is 3.44. The molecule has 0 saturated carbocycles. The van der Waals surface area contributed by atoms with Gasteiger partial charge in [-0.3, -0.25) is 0 Å². The third-order valence-electron chi connectivity index (χ3n) is 3.42. The highest BCUT2D eigenvalue weighted by atomic mass is 16.5. The Hall–Kier alpha value is -2.38. The minimum Gasteiger partial charge on any atom is -0.389 e. The maximum absolute atomic E-state index is 12.2. The minimum atomic E-state index is -0.643. The Balaban J connectivity index is 1.63. The molecule has 116 valence electrons. The molecule has 2 amide bonds. The summed E-state index contributed by atoms with van der Waals surface area (Å²) in [4.78, 5) is 13.8. The molecule has 2 aromatic rings. The number of ether oxygens (including phenoxy) is 1. The molecule has 3 rings (SSSR count). The molecule has 1 aliphatic heterocycles. The molecule has 2 N–H and O–H groups in total. The summed E-state index contributed by atoms with van der Waals surface area (Å²) >= 11 is 0. The quantitative estimate of drug-likeness (QED) is 0.870. The molecule has 7 nitrogen and oxygen atoms in total. The first-order valence-electron chi connectivity index (χ1n) is 7.14. The molecule has 1 fully saturated rings. The molecule has 1 aromatic carbocycles. The fourth-order valence-electron chi connectivity index (χ4n) is 2.30. The molecule has 1 saturated heterocycles. The zero-order valence-corrected chi connectivity index (χ0v) is 12.1. The molecule has 1 aromatic heterocycles. The molecule has 2 heterocycles. The fourth-order valence-corrected chi connectivity index (χ4v) is 2.30. The first kappa shape index (κ1) is 14.6. The van der Waals surface area contributed by atoms with Gasteiger partial charge in [0, 0.05) is 24.6 Å². The van der Waals surface area contributed by atoms with E-state index >= 15 is 0 Å². The number of hydrogen-bond acceptors (Lipinski definition) is 4. The van der Waals surface area contributed by atoms with E-state index in [1.165, 1.54) is 0 Å². The van der Waals surface area contributed by atoms with E-state index in [0.29, 0.717) is 18.8 Å². The van der Waals surface area contributed by atoms with Crippen LogP contribution in [0.3, 0.4) is 0 Å². The molecule has 22 heavy (non-hydrogen) atoms. The number of nitrogens with one attached hydrogen (secondary N) is 1. The number of β-amino-alcohol motifs (C(OH)–C–C–N with tert-alkyl or cyclic N) is 1. The second-order valence-corrected chi connectivity index (χ2v) is 5.10. The number of benzene rings is 1. The smallest absolute Gasteiger partial charge is 0.322 e. The van der Waals surface area contributed by atoms with Crippen LogP contribution >= 0.6 is 0 Å². The largest absolute Gasteiger partial charge is 0.389 e. The summed E-state index contributed by atoms with van der Waals surface area (Å²) in [7, 11) is 0. The molecule has 0 unspecified atom stereocenters. The van der Waals surface area contributed by atoms with Crippen molar-refractivity contribution in [2.45, 2.75) is 6.10 Å². The predicted molar refractivity (Wildman–Crippen MR) is 81.0 cm³/mol. The van der Waals surface area contributed by atoms with E-state index in [1.807, 2.05) is 36.5 Å². The average Bonchev–Trinajstić information content (AvgIpc) is 2.97. The van der Waals surface area contributed by atoms with Gasteiger partial charge in [0.05, 0.1) is 31.5 Å². The highest BCUT2D eigenvalue weighted by Gasteiger charge is 2.20. The number of aliphatic hydroxyl groups excluding tert-OH is 1. The number of carbonyl (C=O) groups excluding carboxylic acids is 1. The topological polar surface area (TPSA) is 79.6 Å². The number of anilines is 1. The number of rotatable bonds is 2. The van der Waals surface area contributed by atoms with Crippen molar-refractivity contribution in [2.24, 2.45) is 0 Å². The normalized spacial score (nSPS) is 18.8. The molecule has 1 aliphatic rings. The molecule has 0 spiro atoms. The van der Waals surface area contributed by atoms with Gasteiger partial charge in [0.25, 0.3) is 0 Å². The number of urea groups is 1. The molecule has 1 atom stereocenters. The summed E-state index contributed by atoms with van der Waals surface area (Å²) in [5.41, 5.74) is 1.61. The van der Waals surface area contributed by atoms with E-state index in [-0.39, 0.29) is 19.2 Å². The molecular formula is C15H18N4O3. The number of aromatic nitrogens is 2. The number of carbonyl (C=O) groups is 1. The van der Waals surface area contributed by atoms with Crippen molar-refractivity contribution in [3.63, 3.8) is 0 Å². The standard InChI is InChI=1S/C15H18N4O3/c20-14-10-18(8-9-22-11-14)15(21)17-12-2-4-13(5-3-12)19-7-1-6-16-19/h1-7,14,20H,8-11H2,(H,17,21)/t14-/m0/s1. The van der Waals surface area contributed by atoms with Crippen LogP contribution in [0.2, 0.25) is 0 Å². The van der Waals surface area contributed by atoms with Gasteiger partial charge in [0.2, 0.25) is 0 Å². The van der Waals surface area contributed by atoms with Crippen LogP contribution in [0.25, 0.3) is 5.69 Å². The molecule has 0 bridgehead atoms. The van der Waals surface area contributed by atoms with Gasteiger partial charge in [-0.05, 0) is 30.3 Å². The zero-order chi connectivity index (χ0) is 15.4. The van der Waals surface area contributed by atoms with Gasteiger partial charge in [-0.2, -0.15) is 5.10 Å². The van der Waals surface area contributed by atoms with E-state index in [1.54, 1.807) is 15.8 Å². The van der Waals surface area contributed by atoms with Crippen LogP contribution in [0, 0.1) is 0 Å². The Kier molecular flexibility index (Phi) is 4.36. The van der Waals surface area contributed by atoms with Crippen LogP contribution in [-0.2, 0) is 4.74 Å². The Morgan fingerprint density at radius 2 is 2.18 bits per heavy atom. The van der Waals surface area contributed by atoms with E-state index in [0.717, 1.165) is 5.69 Å². The van der Waals surface area contributed by atoms with Crippen LogP contribution in [0.5, 0.6) is 0 Å². The highest BCUT2D eigenvalue weighted by Crippen LogP contribution is 2.13. The maximum Gasteiger partial charge on any atom is 0.322 e. The summed E-state index contributed by atoms with van der Waals surface area (Å²) in [6.07, 6.45) is 2.92. The van der Waals surface area contributed by atoms with Crippen molar-refractivity contribution in [1.29, 1.82) is 0 Å². The Labute approximate surface area is 128 Å². The summed E-state index contributed by atoms with van der Waals surface area (Å²) in [5, 5.41) is 16.6. The van der Waals surface area contributed by atoms with E-state index in [2.05, 4.69) is 10.4 Å². The van der Waals surface area contributed by atoms with Crippen LogP contribution in [0.4, 0.5) is 10.5 Å². The van der Waals surface area contributed by atoms with Crippen LogP contribution in [0.1, 0.15) is 0 Å². The summed E-state index contributed by atoms with van der Waals surface area (Å²) in [5.74, 6) is 0. The van der Waals surface area contributed by atoms with Gasteiger partial charge in [0.1, 0.15) is 0 Å². The van der Waals surface area contributed by atoms with Gasteiger partial charge >= 0.3 is 6.03 Å². The van der Waals surface area contributed by atoms with Crippen molar-refractivity contribution >= 4 is 11.7 Å². The van der Waals surface area contributed by atoms with Gasteiger partial charge in [-0.15, -0.1) is 0 Å². The zero-order valence-electron chi connectivity index (χ0n) is 12.1. The predicted octanol–water partition coefficient (Wildman–Crippen LogP) is 1.10. The summed E-state index contributed by atoms with van der Waals surface area (Å²) < 4.78 is 6.96. The van der Waals surface area contributed by atoms with Gasteiger partial charge in [-0.1, -0.05) is 0 Å². The highest BCUT2D eigenvalue weighted by molar-refractivity contribution is 5.89. The second-order valence-electron chi connectivity index (χ2n) is 5.10. The Morgan fingerprint density at radius 3 is 2.91 bits per heavy atom. The maximum atomic E-state index is 12.2.